The van der Waals surface area contributed by atoms with E-state index in [-0.39, 0.29) is 23.4 Å². The molecule has 3 heteroatoms. The van der Waals surface area contributed by atoms with E-state index in [0.29, 0.717) is 0 Å². The molecule has 3 N–H and O–H groups in total. The van der Waals surface area contributed by atoms with E-state index in [1.807, 2.05) is 0 Å². The van der Waals surface area contributed by atoms with Gasteiger partial charge in [0.2, 0.25) is 5.91 Å². The zero-order chi connectivity index (χ0) is 13.0. The maximum atomic E-state index is 12.5. The molecule has 5 rings (SSSR count). The van der Waals surface area contributed by atoms with Crippen molar-refractivity contribution in [2.24, 2.45) is 29.4 Å². The molecule has 5 fully saturated rings. The molecule has 2 unspecified atom stereocenters. The largest absolute Gasteiger partial charge is 0.350 e. The van der Waals surface area contributed by atoms with E-state index in [1.165, 1.54) is 38.5 Å². The lowest BCUT2D eigenvalue weighted by molar-refractivity contribution is -0.131. The van der Waals surface area contributed by atoms with Gasteiger partial charge in [0.15, 0.2) is 0 Å². The van der Waals surface area contributed by atoms with Gasteiger partial charge in [-0.15, -0.1) is 0 Å². The van der Waals surface area contributed by atoms with Gasteiger partial charge >= 0.3 is 0 Å². The fourth-order valence-corrected chi connectivity index (χ4v) is 5.93. The van der Waals surface area contributed by atoms with E-state index in [4.69, 9.17) is 5.73 Å². The van der Waals surface area contributed by atoms with Gasteiger partial charge in [-0.25, -0.2) is 0 Å². The molecular weight excluding hydrogens is 236 g/mol. The summed E-state index contributed by atoms with van der Waals surface area (Å²) >= 11 is 0. The Morgan fingerprint density at radius 1 is 1.00 bits per heavy atom. The van der Waals surface area contributed by atoms with Crippen molar-refractivity contribution < 1.29 is 4.79 Å². The summed E-state index contributed by atoms with van der Waals surface area (Å²) in [6.45, 7) is 0. The number of nitrogens with two attached hydrogens (primary N) is 1. The van der Waals surface area contributed by atoms with Crippen LogP contribution in [-0.4, -0.2) is 17.5 Å². The minimum absolute atomic E-state index is 0.0907. The summed E-state index contributed by atoms with van der Waals surface area (Å²) in [6.07, 6.45) is 11.2. The Morgan fingerprint density at radius 3 is 2.05 bits per heavy atom. The Labute approximate surface area is 115 Å². The molecule has 1 amide bonds. The number of hydrogen-bond donors (Lipinski definition) is 2. The van der Waals surface area contributed by atoms with Crippen molar-refractivity contribution in [1.29, 1.82) is 0 Å². The van der Waals surface area contributed by atoms with E-state index >= 15 is 0 Å². The van der Waals surface area contributed by atoms with Gasteiger partial charge in [-0.3, -0.25) is 4.79 Å². The van der Waals surface area contributed by atoms with E-state index < -0.39 is 0 Å². The van der Waals surface area contributed by atoms with Crippen LogP contribution in [-0.2, 0) is 4.79 Å². The topological polar surface area (TPSA) is 55.1 Å². The van der Waals surface area contributed by atoms with Crippen LogP contribution in [0.5, 0.6) is 0 Å². The van der Waals surface area contributed by atoms with Gasteiger partial charge in [0.1, 0.15) is 0 Å². The average Bonchev–Trinajstić information content (AvgIpc) is 2.72. The maximum Gasteiger partial charge on any atom is 0.225 e. The number of amides is 1. The molecule has 0 heterocycles. The minimum Gasteiger partial charge on any atom is -0.350 e. The average molecular weight is 262 g/mol. The first kappa shape index (κ1) is 12.2. The van der Waals surface area contributed by atoms with Crippen molar-refractivity contribution in [2.75, 3.05) is 0 Å². The van der Waals surface area contributed by atoms with Crippen molar-refractivity contribution in [3.05, 3.63) is 0 Å². The van der Waals surface area contributed by atoms with Crippen molar-refractivity contribution in [2.45, 2.75) is 69.4 Å². The summed E-state index contributed by atoms with van der Waals surface area (Å²) in [7, 11) is 0. The van der Waals surface area contributed by atoms with E-state index in [2.05, 4.69) is 5.32 Å². The summed E-state index contributed by atoms with van der Waals surface area (Å²) < 4.78 is 0. The molecule has 19 heavy (non-hydrogen) atoms. The van der Waals surface area contributed by atoms with Crippen LogP contribution in [0.3, 0.4) is 0 Å². The highest BCUT2D eigenvalue weighted by Crippen LogP contribution is 2.55. The van der Waals surface area contributed by atoms with Crippen molar-refractivity contribution >= 4 is 5.91 Å². The molecule has 5 aliphatic carbocycles. The summed E-state index contributed by atoms with van der Waals surface area (Å²) in [5.74, 6) is 3.04. The Hall–Kier alpha value is -0.570. The third kappa shape index (κ3) is 2.01. The zero-order valence-electron chi connectivity index (χ0n) is 11.7. The number of hydrogen-bond acceptors (Lipinski definition) is 2. The highest BCUT2D eigenvalue weighted by Gasteiger charge is 2.52. The second-order valence-electron chi connectivity index (χ2n) is 7.89. The van der Waals surface area contributed by atoms with Gasteiger partial charge in [0.05, 0.1) is 5.92 Å². The smallest absolute Gasteiger partial charge is 0.225 e. The number of nitrogens with one attached hydrogen (secondary N) is 1. The lowest BCUT2D eigenvalue weighted by atomic mass is 9.53. The first-order valence-electron chi connectivity index (χ1n) is 8.21. The third-order valence-electron chi connectivity index (χ3n) is 6.33. The molecular formula is C16H26N2O. The van der Waals surface area contributed by atoms with Crippen LogP contribution in [0.4, 0.5) is 0 Å². The summed E-state index contributed by atoms with van der Waals surface area (Å²) in [5.41, 5.74) is 6.25. The zero-order valence-corrected chi connectivity index (χ0v) is 11.7. The summed E-state index contributed by atoms with van der Waals surface area (Å²) in [5, 5.41) is 3.48. The molecule has 3 nitrogen and oxygen atoms in total. The van der Waals surface area contributed by atoms with E-state index in [1.54, 1.807) is 0 Å². The molecule has 0 aromatic heterocycles. The molecule has 106 valence electrons. The molecule has 0 aromatic rings. The maximum absolute atomic E-state index is 12.5. The number of rotatable bonds is 2. The lowest BCUT2D eigenvalue weighted by Crippen LogP contribution is -2.61. The van der Waals surface area contributed by atoms with Crippen molar-refractivity contribution in [3.63, 3.8) is 0 Å². The van der Waals surface area contributed by atoms with Gasteiger partial charge < -0.3 is 11.1 Å². The highest BCUT2D eigenvalue weighted by molar-refractivity contribution is 5.80. The molecule has 0 aliphatic heterocycles. The molecule has 0 saturated heterocycles. The molecule has 2 atom stereocenters. The monoisotopic (exact) mass is 262 g/mol. The fraction of sp³-hybridized carbons (Fsp3) is 0.938. The Bertz CT molecular complexity index is 357. The SMILES string of the molecule is NC1CCCC1C(=O)NC12CC3CC(CC(C3)C1)C2. The Balaban J connectivity index is 1.48. The molecule has 4 bridgehead atoms. The van der Waals surface area contributed by atoms with Crippen LogP contribution >= 0.6 is 0 Å². The van der Waals surface area contributed by atoms with E-state index in [9.17, 15) is 4.79 Å². The highest BCUT2D eigenvalue weighted by atomic mass is 16.2. The fourth-order valence-electron chi connectivity index (χ4n) is 5.93. The predicted octanol–water partition coefficient (Wildman–Crippen LogP) is 2.20. The van der Waals surface area contributed by atoms with Crippen molar-refractivity contribution in [1.82, 2.24) is 5.32 Å². The molecule has 0 spiro atoms. The minimum atomic E-state index is 0.0907. The molecule has 0 radical (unpaired) electrons. The predicted molar refractivity (Wildman–Crippen MR) is 74.4 cm³/mol. The first-order chi connectivity index (χ1) is 9.13. The second kappa shape index (κ2) is 4.21. The van der Waals surface area contributed by atoms with E-state index in [0.717, 1.165) is 37.0 Å². The third-order valence-corrected chi connectivity index (χ3v) is 6.33. The lowest BCUT2D eigenvalue weighted by Gasteiger charge is -2.57. The summed E-state index contributed by atoms with van der Waals surface area (Å²) in [6, 6.07) is 0.105. The van der Waals surface area contributed by atoms with Crippen LogP contribution in [0.15, 0.2) is 0 Å². The first-order valence-corrected chi connectivity index (χ1v) is 8.21. The summed E-state index contributed by atoms with van der Waals surface area (Å²) in [4.78, 5) is 12.5. The normalized spacial score (nSPS) is 51.5. The van der Waals surface area contributed by atoms with Crippen LogP contribution in [0.1, 0.15) is 57.8 Å². The molecule has 5 aliphatic rings. The molecule has 0 aromatic carbocycles. The second-order valence-corrected chi connectivity index (χ2v) is 7.89. The Morgan fingerprint density at radius 2 is 1.58 bits per heavy atom. The Kier molecular flexibility index (Phi) is 2.70. The standard InChI is InChI=1S/C16H26N2O/c17-14-3-1-2-13(14)15(19)18-16-7-10-4-11(8-16)6-12(5-10)9-16/h10-14H,1-9,17H2,(H,18,19). The van der Waals surface area contributed by atoms with Gasteiger partial charge in [-0.1, -0.05) is 6.42 Å². The van der Waals surface area contributed by atoms with Gasteiger partial charge in [-0.05, 0) is 69.1 Å². The van der Waals surface area contributed by atoms with Gasteiger partial charge in [0.25, 0.3) is 0 Å². The quantitative estimate of drug-likeness (QED) is 0.801. The van der Waals surface area contributed by atoms with Crippen molar-refractivity contribution in [3.8, 4) is 0 Å². The number of carbonyl (C=O) groups excluding carboxylic acids is 1. The van der Waals surface area contributed by atoms with Gasteiger partial charge in [-0.2, -0.15) is 0 Å². The van der Waals surface area contributed by atoms with Crippen LogP contribution in [0, 0.1) is 23.7 Å². The van der Waals surface area contributed by atoms with Crippen LogP contribution < -0.4 is 11.1 Å². The number of carbonyl (C=O) groups is 1. The van der Waals surface area contributed by atoms with Crippen LogP contribution in [0.2, 0.25) is 0 Å². The van der Waals surface area contributed by atoms with Gasteiger partial charge in [0, 0.05) is 11.6 Å². The van der Waals surface area contributed by atoms with Crippen LogP contribution in [0.25, 0.3) is 0 Å². The molecule has 5 saturated carbocycles.